The highest BCUT2D eigenvalue weighted by Gasteiger charge is 2.50. The molecule has 8 heteroatoms. The Morgan fingerprint density at radius 2 is 1.89 bits per heavy atom. The predicted molar refractivity (Wildman–Crippen MR) is 95.6 cm³/mol. The number of hydrogen-bond acceptors (Lipinski definition) is 8. The van der Waals surface area contributed by atoms with Gasteiger partial charge >= 0.3 is 0 Å². The van der Waals surface area contributed by atoms with Gasteiger partial charge in [-0.05, 0) is 12.8 Å². The molecule has 0 amide bonds. The van der Waals surface area contributed by atoms with E-state index in [2.05, 4.69) is 0 Å². The second-order valence-electron chi connectivity index (χ2n) is 8.43. The fourth-order valence-electron chi connectivity index (χ4n) is 3.98. The summed E-state index contributed by atoms with van der Waals surface area (Å²) in [6, 6.07) is 0. The SMILES string of the molecule is C[C@H](/C=C/[C@@]1(O)[C@@H](C)CC(=O)CC1(C)C)O[C@@H]1O[C@@H](CO)[C@@H](O)[C@@H](O)[C@@H]1O. The number of rotatable bonds is 5. The molecule has 0 aromatic rings. The topological polar surface area (TPSA) is 137 Å². The molecular weight excluding hydrogens is 356 g/mol. The lowest BCUT2D eigenvalue weighted by atomic mass is 9.60. The first-order chi connectivity index (χ1) is 12.4. The molecule has 27 heavy (non-hydrogen) atoms. The molecule has 1 saturated carbocycles. The lowest BCUT2D eigenvalue weighted by molar-refractivity contribution is -0.306. The molecule has 0 bridgehead atoms. The van der Waals surface area contributed by atoms with E-state index in [0.717, 1.165) is 0 Å². The maximum absolute atomic E-state index is 11.9. The van der Waals surface area contributed by atoms with Crippen LogP contribution in [0.15, 0.2) is 12.2 Å². The summed E-state index contributed by atoms with van der Waals surface area (Å²) in [5, 5.41) is 50.1. The molecule has 0 spiro atoms. The number of ether oxygens (including phenoxy) is 2. The molecule has 5 N–H and O–H groups in total. The molecule has 1 heterocycles. The zero-order valence-corrected chi connectivity index (χ0v) is 16.3. The van der Waals surface area contributed by atoms with E-state index in [1.54, 1.807) is 19.1 Å². The Labute approximate surface area is 159 Å². The minimum Gasteiger partial charge on any atom is -0.394 e. The quantitative estimate of drug-likeness (QED) is 0.398. The molecule has 0 aromatic heterocycles. The van der Waals surface area contributed by atoms with Gasteiger partial charge in [-0.25, -0.2) is 0 Å². The minimum atomic E-state index is -1.51. The van der Waals surface area contributed by atoms with Crippen LogP contribution in [0.1, 0.15) is 40.5 Å². The van der Waals surface area contributed by atoms with Crippen molar-refractivity contribution in [3.8, 4) is 0 Å². The van der Waals surface area contributed by atoms with Crippen LogP contribution in [0.2, 0.25) is 0 Å². The largest absolute Gasteiger partial charge is 0.394 e. The van der Waals surface area contributed by atoms with Gasteiger partial charge < -0.3 is 35.0 Å². The Balaban J connectivity index is 2.08. The van der Waals surface area contributed by atoms with Crippen molar-refractivity contribution >= 4 is 5.78 Å². The zero-order valence-electron chi connectivity index (χ0n) is 16.3. The summed E-state index contributed by atoms with van der Waals surface area (Å²) in [5.74, 6) is -0.138. The van der Waals surface area contributed by atoms with Gasteiger partial charge in [0.1, 0.15) is 30.2 Å². The van der Waals surface area contributed by atoms with Crippen molar-refractivity contribution in [3.63, 3.8) is 0 Å². The van der Waals surface area contributed by atoms with Gasteiger partial charge in [-0.2, -0.15) is 0 Å². The molecule has 0 aromatic carbocycles. The Bertz CT molecular complexity index is 560. The van der Waals surface area contributed by atoms with Crippen LogP contribution in [0.25, 0.3) is 0 Å². The summed E-state index contributed by atoms with van der Waals surface area (Å²) < 4.78 is 10.9. The maximum Gasteiger partial charge on any atom is 0.187 e. The number of carbonyl (C=O) groups excluding carboxylic acids is 1. The van der Waals surface area contributed by atoms with Crippen molar-refractivity contribution in [3.05, 3.63) is 12.2 Å². The van der Waals surface area contributed by atoms with Crippen LogP contribution in [0.4, 0.5) is 0 Å². The molecule has 8 nitrogen and oxygen atoms in total. The Hall–Kier alpha value is -0.870. The van der Waals surface area contributed by atoms with E-state index in [1.165, 1.54) is 0 Å². The molecule has 1 aliphatic carbocycles. The Kier molecular flexibility index (Phi) is 6.85. The van der Waals surface area contributed by atoms with E-state index in [9.17, 15) is 30.3 Å². The third-order valence-electron chi connectivity index (χ3n) is 5.83. The lowest BCUT2D eigenvalue weighted by Crippen LogP contribution is -2.59. The summed E-state index contributed by atoms with van der Waals surface area (Å²) in [6.07, 6.45) is -3.51. The van der Waals surface area contributed by atoms with Gasteiger partial charge in [0.05, 0.1) is 18.3 Å². The number of Topliss-reactive ketones (excluding diaryl/α,β-unsaturated/α-hetero) is 1. The van der Waals surface area contributed by atoms with Crippen LogP contribution < -0.4 is 0 Å². The molecular formula is C19H32O8. The van der Waals surface area contributed by atoms with Crippen LogP contribution in [0, 0.1) is 11.3 Å². The van der Waals surface area contributed by atoms with Gasteiger partial charge in [0.15, 0.2) is 6.29 Å². The van der Waals surface area contributed by atoms with Gasteiger partial charge in [0.25, 0.3) is 0 Å². The van der Waals surface area contributed by atoms with Gasteiger partial charge in [0, 0.05) is 18.3 Å². The van der Waals surface area contributed by atoms with Crippen molar-refractivity contribution < 1.29 is 39.8 Å². The van der Waals surface area contributed by atoms with E-state index < -0.39 is 54.4 Å². The molecule has 8 atom stereocenters. The highest BCUT2D eigenvalue weighted by Crippen LogP contribution is 2.46. The van der Waals surface area contributed by atoms with Crippen molar-refractivity contribution in [2.75, 3.05) is 6.61 Å². The third kappa shape index (κ3) is 4.42. The first-order valence-electron chi connectivity index (χ1n) is 9.32. The van der Waals surface area contributed by atoms with Gasteiger partial charge in [-0.15, -0.1) is 0 Å². The third-order valence-corrected chi connectivity index (χ3v) is 5.83. The van der Waals surface area contributed by atoms with Crippen molar-refractivity contribution in [2.45, 2.75) is 82.9 Å². The molecule has 2 rings (SSSR count). The standard InChI is InChI=1S/C19H32O8/c1-10-7-12(21)8-18(3,4)19(10,25)6-5-11(2)26-17-16(24)15(23)14(22)13(9-20)27-17/h5-6,10-11,13-17,20,22-25H,7-9H2,1-4H3/b6-5+/t10-,11+,13-,14+,15+,16-,17+,19+/m0/s1. The van der Waals surface area contributed by atoms with Crippen LogP contribution in [-0.4, -0.2) is 80.3 Å². The summed E-state index contributed by atoms with van der Waals surface area (Å²) in [6.45, 7) is 6.65. The first-order valence-corrected chi connectivity index (χ1v) is 9.32. The number of ketones is 1. The number of hydrogen-bond donors (Lipinski definition) is 5. The summed E-state index contributed by atoms with van der Waals surface area (Å²) >= 11 is 0. The summed E-state index contributed by atoms with van der Waals surface area (Å²) in [5.41, 5.74) is -1.84. The average molecular weight is 388 g/mol. The smallest absolute Gasteiger partial charge is 0.187 e. The van der Waals surface area contributed by atoms with Crippen LogP contribution in [-0.2, 0) is 14.3 Å². The Morgan fingerprint density at radius 3 is 2.44 bits per heavy atom. The normalized spacial score (nSPS) is 43.8. The molecule has 2 fully saturated rings. The molecule has 1 aliphatic heterocycles. The zero-order chi connectivity index (χ0) is 20.6. The minimum absolute atomic E-state index is 0.121. The first kappa shape index (κ1) is 22.4. The van der Waals surface area contributed by atoms with Crippen molar-refractivity contribution in [1.82, 2.24) is 0 Å². The highest BCUT2D eigenvalue weighted by atomic mass is 16.7. The van der Waals surface area contributed by atoms with Crippen molar-refractivity contribution in [2.24, 2.45) is 11.3 Å². The number of carbonyl (C=O) groups is 1. The Morgan fingerprint density at radius 1 is 1.26 bits per heavy atom. The van der Waals surface area contributed by atoms with E-state index in [4.69, 9.17) is 9.47 Å². The second kappa shape index (κ2) is 8.24. The molecule has 156 valence electrons. The van der Waals surface area contributed by atoms with Gasteiger partial charge in [0.2, 0.25) is 0 Å². The molecule has 1 saturated heterocycles. The molecule has 0 radical (unpaired) electrons. The fourth-order valence-corrected chi connectivity index (χ4v) is 3.98. The van der Waals surface area contributed by atoms with Crippen molar-refractivity contribution in [1.29, 1.82) is 0 Å². The summed E-state index contributed by atoms with van der Waals surface area (Å²) in [7, 11) is 0. The lowest BCUT2D eigenvalue weighted by Gasteiger charge is -2.48. The van der Waals surface area contributed by atoms with Gasteiger partial charge in [-0.1, -0.05) is 32.9 Å². The van der Waals surface area contributed by atoms with E-state index in [0.29, 0.717) is 6.42 Å². The van der Waals surface area contributed by atoms with Crippen LogP contribution in [0.3, 0.4) is 0 Å². The summed E-state index contributed by atoms with van der Waals surface area (Å²) in [4.78, 5) is 11.9. The molecule has 0 unspecified atom stereocenters. The second-order valence-corrected chi connectivity index (χ2v) is 8.43. The maximum atomic E-state index is 11.9. The monoisotopic (exact) mass is 388 g/mol. The van der Waals surface area contributed by atoms with Gasteiger partial charge in [-0.3, -0.25) is 4.79 Å². The number of aliphatic hydroxyl groups excluding tert-OH is 4. The fraction of sp³-hybridized carbons (Fsp3) is 0.842. The molecule has 2 aliphatic rings. The predicted octanol–water partition coefficient (Wildman–Crippen LogP) is -0.496. The highest BCUT2D eigenvalue weighted by molar-refractivity contribution is 5.81. The van der Waals surface area contributed by atoms with E-state index >= 15 is 0 Å². The van der Waals surface area contributed by atoms with E-state index in [-0.39, 0.29) is 18.1 Å². The average Bonchev–Trinajstić information content (AvgIpc) is 2.58. The van der Waals surface area contributed by atoms with Crippen LogP contribution in [0.5, 0.6) is 0 Å². The number of aliphatic hydroxyl groups is 5. The van der Waals surface area contributed by atoms with Crippen LogP contribution >= 0.6 is 0 Å². The van der Waals surface area contributed by atoms with E-state index in [1.807, 2.05) is 20.8 Å².